The summed E-state index contributed by atoms with van der Waals surface area (Å²) >= 11 is 0. The summed E-state index contributed by atoms with van der Waals surface area (Å²) in [6.07, 6.45) is 4.13. The zero-order valence-electron chi connectivity index (χ0n) is 11.5. The standard InChI is InChI=1S/C17H18O2/c1-13-16(18-2)11-15(12-17(13)19-3)10-9-14-7-5-4-6-8-14/h4-12H,1-3H3/b10-9-. The molecule has 0 heterocycles. The Bertz CT molecular complexity index is 546. The topological polar surface area (TPSA) is 18.5 Å². The minimum Gasteiger partial charge on any atom is -0.496 e. The molecule has 2 nitrogen and oxygen atoms in total. The quantitative estimate of drug-likeness (QED) is 0.762. The Hall–Kier alpha value is -2.22. The lowest BCUT2D eigenvalue weighted by molar-refractivity contribution is 0.388. The van der Waals surface area contributed by atoms with Crippen LogP contribution in [0.1, 0.15) is 16.7 Å². The van der Waals surface area contributed by atoms with E-state index in [0.717, 1.165) is 22.6 Å². The van der Waals surface area contributed by atoms with Crippen LogP contribution in [-0.2, 0) is 0 Å². The maximum atomic E-state index is 5.37. The van der Waals surface area contributed by atoms with Gasteiger partial charge in [-0.3, -0.25) is 0 Å². The van der Waals surface area contributed by atoms with Gasteiger partial charge in [-0.1, -0.05) is 42.5 Å². The van der Waals surface area contributed by atoms with Gasteiger partial charge in [0.25, 0.3) is 0 Å². The Labute approximate surface area is 114 Å². The maximum absolute atomic E-state index is 5.37. The van der Waals surface area contributed by atoms with Crippen molar-refractivity contribution in [1.82, 2.24) is 0 Å². The lowest BCUT2D eigenvalue weighted by Crippen LogP contribution is -1.93. The molecule has 0 aromatic heterocycles. The molecule has 0 spiro atoms. The first-order valence-electron chi connectivity index (χ1n) is 6.20. The van der Waals surface area contributed by atoms with Gasteiger partial charge in [0.15, 0.2) is 0 Å². The fourth-order valence-electron chi connectivity index (χ4n) is 1.96. The van der Waals surface area contributed by atoms with Gasteiger partial charge in [-0.15, -0.1) is 0 Å². The lowest BCUT2D eigenvalue weighted by atomic mass is 10.1. The summed E-state index contributed by atoms with van der Waals surface area (Å²) in [6.45, 7) is 1.99. The van der Waals surface area contributed by atoms with E-state index in [1.165, 1.54) is 5.56 Å². The normalized spacial score (nSPS) is 10.7. The molecule has 0 unspecified atom stereocenters. The number of hydrogen-bond donors (Lipinski definition) is 0. The third-order valence-electron chi connectivity index (χ3n) is 3.04. The molecule has 0 aliphatic heterocycles. The van der Waals surface area contributed by atoms with Gasteiger partial charge in [0.05, 0.1) is 14.2 Å². The summed E-state index contributed by atoms with van der Waals surface area (Å²) < 4.78 is 10.7. The van der Waals surface area contributed by atoms with Crippen LogP contribution in [0.25, 0.3) is 12.2 Å². The summed E-state index contributed by atoms with van der Waals surface area (Å²) in [5.74, 6) is 1.68. The van der Waals surface area contributed by atoms with Crippen LogP contribution in [0.3, 0.4) is 0 Å². The first kappa shape index (κ1) is 13.2. The summed E-state index contributed by atoms with van der Waals surface area (Å²) in [6, 6.07) is 14.2. The number of ether oxygens (including phenoxy) is 2. The molecule has 2 aromatic carbocycles. The third-order valence-corrected chi connectivity index (χ3v) is 3.04. The third kappa shape index (κ3) is 3.16. The minimum atomic E-state index is 0.840. The van der Waals surface area contributed by atoms with E-state index in [1.807, 2.05) is 37.3 Å². The SMILES string of the molecule is COc1cc(/C=C\c2ccccc2)cc(OC)c1C. The Balaban J connectivity index is 2.33. The second-order valence-corrected chi connectivity index (χ2v) is 4.29. The highest BCUT2D eigenvalue weighted by Crippen LogP contribution is 2.30. The molecule has 0 radical (unpaired) electrons. The van der Waals surface area contributed by atoms with Crippen molar-refractivity contribution in [3.8, 4) is 11.5 Å². The van der Waals surface area contributed by atoms with E-state index in [4.69, 9.17) is 9.47 Å². The first-order valence-corrected chi connectivity index (χ1v) is 6.20. The largest absolute Gasteiger partial charge is 0.496 e. The van der Waals surface area contributed by atoms with Crippen LogP contribution in [0.4, 0.5) is 0 Å². The molecule has 0 fully saturated rings. The molecule has 0 aliphatic rings. The summed E-state index contributed by atoms with van der Waals surface area (Å²) in [5, 5.41) is 0. The second kappa shape index (κ2) is 6.10. The molecule has 0 atom stereocenters. The van der Waals surface area contributed by atoms with Crippen LogP contribution >= 0.6 is 0 Å². The molecule has 98 valence electrons. The number of methoxy groups -OCH3 is 2. The Morgan fingerprint density at radius 2 is 1.32 bits per heavy atom. The number of rotatable bonds is 4. The van der Waals surface area contributed by atoms with Crippen LogP contribution in [0, 0.1) is 6.92 Å². The van der Waals surface area contributed by atoms with Crippen molar-refractivity contribution in [2.75, 3.05) is 14.2 Å². The predicted octanol–water partition coefficient (Wildman–Crippen LogP) is 4.18. The summed E-state index contributed by atoms with van der Waals surface area (Å²) in [7, 11) is 3.35. The van der Waals surface area contributed by atoms with Gasteiger partial charge >= 0.3 is 0 Å². The number of hydrogen-bond acceptors (Lipinski definition) is 2. The van der Waals surface area contributed by atoms with Crippen LogP contribution in [0.5, 0.6) is 11.5 Å². The fraction of sp³-hybridized carbons (Fsp3) is 0.176. The van der Waals surface area contributed by atoms with Gasteiger partial charge in [0, 0.05) is 5.56 Å². The summed E-state index contributed by atoms with van der Waals surface area (Å²) in [4.78, 5) is 0. The highest BCUT2D eigenvalue weighted by atomic mass is 16.5. The molecular weight excluding hydrogens is 236 g/mol. The molecule has 19 heavy (non-hydrogen) atoms. The molecule has 2 rings (SSSR count). The van der Waals surface area contributed by atoms with Crippen LogP contribution in [-0.4, -0.2) is 14.2 Å². The van der Waals surface area contributed by atoms with Gasteiger partial charge in [-0.2, -0.15) is 0 Å². The molecular formula is C17H18O2. The molecule has 0 saturated carbocycles. The van der Waals surface area contributed by atoms with Crippen molar-refractivity contribution < 1.29 is 9.47 Å². The van der Waals surface area contributed by atoms with Crippen molar-refractivity contribution in [2.45, 2.75) is 6.92 Å². The van der Waals surface area contributed by atoms with Crippen molar-refractivity contribution in [1.29, 1.82) is 0 Å². The van der Waals surface area contributed by atoms with Crippen molar-refractivity contribution in [3.05, 3.63) is 59.2 Å². The zero-order chi connectivity index (χ0) is 13.7. The van der Waals surface area contributed by atoms with Crippen molar-refractivity contribution in [3.63, 3.8) is 0 Å². The number of benzene rings is 2. The van der Waals surface area contributed by atoms with E-state index < -0.39 is 0 Å². The zero-order valence-corrected chi connectivity index (χ0v) is 11.5. The molecule has 2 heteroatoms. The van der Waals surface area contributed by atoms with Crippen LogP contribution in [0.2, 0.25) is 0 Å². The lowest BCUT2D eigenvalue weighted by Gasteiger charge is -2.10. The van der Waals surface area contributed by atoms with Gasteiger partial charge in [0.1, 0.15) is 11.5 Å². The highest BCUT2D eigenvalue weighted by molar-refractivity contribution is 5.71. The smallest absolute Gasteiger partial charge is 0.126 e. The van der Waals surface area contributed by atoms with Crippen LogP contribution in [0.15, 0.2) is 42.5 Å². The fourth-order valence-corrected chi connectivity index (χ4v) is 1.96. The van der Waals surface area contributed by atoms with E-state index in [2.05, 4.69) is 24.3 Å². The molecule has 0 N–H and O–H groups in total. The van der Waals surface area contributed by atoms with Gasteiger partial charge in [-0.25, -0.2) is 0 Å². The first-order chi connectivity index (χ1) is 9.24. The predicted molar refractivity (Wildman–Crippen MR) is 79.7 cm³/mol. The highest BCUT2D eigenvalue weighted by Gasteiger charge is 2.06. The second-order valence-electron chi connectivity index (χ2n) is 4.29. The van der Waals surface area contributed by atoms with Crippen molar-refractivity contribution in [2.24, 2.45) is 0 Å². The van der Waals surface area contributed by atoms with Crippen LogP contribution < -0.4 is 9.47 Å². The Morgan fingerprint density at radius 1 is 0.789 bits per heavy atom. The molecule has 0 aliphatic carbocycles. The molecule has 0 amide bonds. The van der Waals surface area contributed by atoms with Gasteiger partial charge < -0.3 is 9.47 Å². The average molecular weight is 254 g/mol. The van der Waals surface area contributed by atoms with E-state index >= 15 is 0 Å². The molecule has 0 bridgehead atoms. The van der Waals surface area contributed by atoms with E-state index in [0.29, 0.717) is 0 Å². The molecule has 2 aromatic rings. The van der Waals surface area contributed by atoms with Gasteiger partial charge in [0.2, 0.25) is 0 Å². The van der Waals surface area contributed by atoms with Gasteiger partial charge in [-0.05, 0) is 30.2 Å². The monoisotopic (exact) mass is 254 g/mol. The molecule has 0 saturated heterocycles. The average Bonchev–Trinajstić information content (AvgIpc) is 2.47. The van der Waals surface area contributed by atoms with E-state index in [1.54, 1.807) is 14.2 Å². The minimum absolute atomic E-state index is 0.840. The van der Waals surface area contributed by atoms with E-state index in [-0.39, 0.29) is 0 Å². The maximum Gasteiger partial charge on any atom is 0.126 e. The van der Waals surface area contributed by atoms with E-state index in [9.17, 15) is 0 Å². The Morgan fingerprint density at radius 3 is 1.84 bits per heavy atom. The Kier molecular flexibility index (Phi) is 4.24. The van der Waals surface area contributed by atoms with Crippen molar-refractivity contribution >= 4 is 12.2 Å². The summed E-state index contributed by atoms with van der Waals surface area (Å²) in [5.41, 5.74) is 3.24.